The van der Waals surface area contributed by atoms with Gasteiger partial charge in [-0.05, 0) is 36.4 Å². The van der Waals surface area contributed by atoms with E-state index in [4.69, 9.17) is 4.52 Å². The molecule has 2 heterocycles. The summed E-state index contributed by atoms with van der Waals surface area (Å²) in [6.07, 6.45) is 0. The average Bonchev–Trinajstić information content (AvgIpc) is 3.50. The molecular weight excluding hydrogens is 467 g/mol. The van der Waals surface area contributed by atoms with E-state index >= 15 is 0 Å². The second-order valence-corrected chi connectivity index (χ2v) is 8.42. The van der Waals surface area contributed by atoms with Crippen molar-refractivity contribution in [3.8, 4) is 28.5 Å². The number of nitrogens with zero attached hydrogens (tertiary/aromatic N) is 5. The van der Waals surface area contributed by atoms with Crippen LogP contribution in [0.4, 0.5) is 10.1 Å². The molecule has 0 bridgehead atoms. The van der Waals surface area contributed by atoms with E-state index in [2.05, 4.69) is 25.7 Å². The summed E-state index contributed by atoms with van der Waals surface area (Å²) in [4.78, 5) is 17.1. The zero-order valence-electron chi connectivity index (χ0n) is 18.6. The lowest BCUT2D eigenvalue weighted by molar-refractivity contribution is -0.113. The Kier molecular flexibility index (Phi) is 6.36. The number of benzene rings is 3. The van der Waals surface area contributed by atoms with Gasteiger partial charge < -0.3 is 9.84 Å². The van der Waals surface area contributed by atoms with E-state index in [1.54, 1.807) is 41.8 Å². The molecule has 5 aromatic rings. The summed E-state index contributed by atoms with van der Waals surface area (Å²) in [5.74, 6) is 0.585. The van der Waals surface area contributed by atoms with Crippen LogP contribution in [0.2, 0.25) is 0 Å². The molecule has 0 saturated carbocycles. The highest BCUT2D eigenvalue weighted by atomic mass is 32.2. The van der Waals surface area contributed by atoms with Gasteiger partial charge in [0.15, 0.2) is 11.0 Å². The second-order valence-electron chi connectivity index (χ2n) is 7.48. The van der Waals surface area contributed by atoms with Gasteiger partial charge in [0, 0.05) is 18.2 Å². The van der Waals surface area contributed by atoms with Gasteiger partial charge in [-0.1, -0.05) is 59.4 Å². The van der Waals surface area contributed by atoms with Gasteiger partial charge in [0.1, 0.15) is 5.82 Å². The highest BCUT2D eigenvalue weighted by molar-refractivity contribution is 7.99. The Labute approximate surface area is 204 Å². The lowest BCUT2D eigenvalue weighted by Gasteiger charge is -2.11. The number of nitrogens with one attached hydrogen (secondary N) is 1. The minimum absolute atomic E-state index is 0.0574. The van der Waals surface area contributed by atoms with Crippen molar-refractivity contribution in [3.63, 3.8) is 0 Å². The Morgan fingerprint density at radius 3 is 2.43 bits per heavy atom. The topological polar surface area (TPSA) is 98.7 Å². The van der Waals surface area contributed by atoms with Crippen LogP contribution in [0.1, 0.15) is 5.89 Å². The summed E-state index contributed by atoms with van der Waals surface area (Å²) in [6, 6.07) is 23.0. The number of thioether (sulfide) groups is 1. The zero-order valence-corrected chi connectivity index (χ0v) is 19.4. The summed E-state index contributed by atoms with van der Waals surface area (Å²) in [5.41, 5.74) is 2.30. The standard InChI is InChI=1S/C25H19FN6O2S/c1-16-27-23(31-34-16)19-12-6-8-14-21(19)28-22(33)15-35-25-30-29-24(18-11-5-7-13-20(18)26)32(25)17-9-3-2-4-10-17/h2-14H,15H2,1H3,(H,28,33). The largest absolute Gasteiger partial charge is 0.339 e. The lowest BCUT2D eigenvalue weighted by atomic mass is 10.1. The number of aryl methyl sites for hydroxylation is 1. The molecule has 0 atom stereocenters. The van der Waals surface area contributed by atoms with Crippen molar-refractivity contribution in [2.45, 2.75) is 12.1 Å². The minimum atomic E-state index is -0.403. The molecule has 5 rings (SSSR count). The third kappa shape index (κ3) is 4.82. The number of anilines is 1. The van der Waals surface area contributed by atoms with Gasteiger partial charge >= 0.3 is 0 Å². The van der Waals surface area contributed by atoms with Crippen LogP contribution in [0, 0.1) is 12.7 Å². The predicted molar refractivity (Wildman–Crippen MR) is 131 cm³/mol. The molecule has 2 aromatic heterocycles. The smallest absolute Gasteiger partial charge is 0.234 e. The molecule has 0 unspecified atom stereocenters. The third-order valence-electron chi connectivity index (χ3n) is 5.06. The van der Waals surface area contributed by atoms with Crippen LogP contribution in [-0.4, -0.2) is 36.6 Å². The molecule has 10 heteroatoms. The lowest BCUT2D eigenvalue weighted by Crippen LogP contribution is -2.15. The molecule has 0 saturated heterocycles. The van der Waals surface area contributed by atoms with Crippen LogP contribution in [0.5, 0.6) is 0 Å². The summed E-state index contributed by atoms with van der Waals surface area (Å²) < 4.78 is 21.4. The molecular formula is C25H19FN6O2S. The number of halogens is 1. The van der Waals surface area contributed by atoms with Crippen LogP contribution in [0.25, 0.3) is 28.5 Å². The first-order valence-electron chi connectivity index (χ1n) is 10.7. The number of amides is 1. The minimum Gasteiger partial charge on any atom is -0.339 e. The van der Waals surface area contributed by atoms with Gasteiger partial charge in [-0.25, -0.2) is 4.39 Å². The van der Waals surface area contributed by atoms with Gasteiger partial charge in [0.25, 0.3) is 0 Å². The van der Waals surface area contributed by atoms with Crippen molar-refractivity contribution in [3.05, 3.63) is 90.6 Å². The van der Waals surface area contributed by atoms with E-state index in [0.717, 1.165) is 5.69 Å². The molecule has 0 fully saturated rings. The number of aromatic nitrogens is 5. The Bertz CT molecular complexity index is 1480. The van der Waals surface area contributed by atoms with Gasteiger partial charge in [-0.3, -0.25) is 9.36 Å². The van der Waals surface area contributed by atoms with Crippen molar-refractivity contribution in [2.75, 3.05) is 11.1 Å². The SMILES string of the molecule is Cc1nc(-c2ccccc2NC(=O)CSc2nnc(-c3ccccc3F)n2-c2ccccc2)no1. The number of para-hydroxylation sites is 2. The molecule has 0 aliphatic carbocycles. The molecule has 0 spiro atoms. The third-order valence-corrected chi connectivity index (χ3v) is 5.99. The Hall–Kier alpha value is -4.31. The van der Waals surface area contributed by atoms with Gasteiger partial charge in [-0.15, -0.1) is 10.2 Å². The summed E-state index contributed by atoms with van der Waals surface area (Å²) in [6.45, 7) is 1.70. The maximum Gasteiger partial charge on any atom is 0.234 e. The van der Waals surface area contributed by atoms with Crippen LogP contribution in [0.3, 0.4) is 0 Å². The van der Waals surface area contributed by atoms with Crippen LogP contribution in [0.15, 0.2) is 88.5 Å². The number of carbonyl (C=O) groups excluding carboxylic acids is 1. The van der Waals surface area contributed by atoms with Crippen molar-refractivity contribution >= 4 is 23.4 Å². The number of rotatable bonds is 7. The van der Waals surface area contributed by atoms with E-state index in [9.17, 15) is 9.18 Å². The maximum atomic E-state index is 14.5. The summed E-state index contributed by atoms with van der Waals surface area (Å²) in [7, 11) is 0. The summed E-state index contributed by atoms with van der Waals surface area (Å²) in [5, 5.41) is 15.8. The van der Waals surface area contributed by atoms with Crippen LogP contribution in [-0.2, 0) is 4.79 Å². The fourth-order valence-electron chi connectivity index (χ4n) is 3.50. The maximum absolute atomic E-state index is 14.5. The van der Waals surface area contributed by atoms with Gasteiger partial charge in [-0.2, -0.15) is 4.98 Å². The fraction of sp³-hybridized carbons (Fsp3) is 0.0800. The highest BCUT2D eigenvalue weighted by Crippen LogP contribution is 2.30. The molecule has 8 nitrogen and oxygen atoms in total. The number of hydrogen-bond acceptors (Lipinski definition) is 7. The first-order chi connectivity index (χ1) is 17.1. The van der Waals surface area contributed by atoms with Crippen LogP contribution >= 0.6 is 11.8 Å². The van der Waals surface area contributed by atoms with Gasteiger partial charge in [0.05, 0.1) is 17.0 Å². The van der Waals surface area contributed by atoms with Crippen molar-refractivity contribution in [2.24, 2.45) is 0 Å². The normalized spacial score (nSPS) is 10.9. The molecule has 1 N–H and O–H groups in total. The van der Waals surface area contributed by atoms with Crippen molar-refractivity contribution in [1.29, 1.82) is 0 Å². The van der Waals surface area contributed by atoms with E-state index in [-0.39, 0.29) is 11.7 Å². The summed E-state index contributed by atoms with van der Waals surface area (Å²) >= 11 is 1.20. The second kappa shape index (κ2) is 9.90. The van der Waals surface area contributed by atoms with E-state index in [0.29, 0.717) is 39.5 Å². The number of carbonyl (C=O) groups is 1. The average molecular weight is 487 g/mol. The quantitative estimate of drug-likeness (QED) is 0.317. The molecule has 0 aliphatic rings. The highest BCUT2D eigenvalue weighted by Gasteiger charge is 2.20. The molecule has 0 radical (unpaired) electrons. The monoisotopic (exact) mass is 486 g/mol. The molecule has 0 aliphatic heterocycles. The number of hydrogen-bond donors (Lipinski definition) is 1. The van der Waals surface area contributed by atoms with E-state index < -0.39 is 5.82 Å². The van der Waals surface area contributed by atoms with Crippen molar-refractivity contribution in [1.82, 2.24) is 24.9 Å². The fourth-order valence-corrected chi connectivity index (χ4v) is 4.25. The first-order valence-corrected chi connectivity index (χ1v) is 11.7. The van der Waals surface area contributed by atoms with Crippen LogP contribution < -0.4 is 5.32 Å². The molecule has 35 heavy (non-hydrogen) atoms. The van der Waals surface area contributed by atoms with Crippen molar-refractivity contribution < 1.29 is 13.7 Å². The molecule has 3 aromatic carbocycles. The Morgan fingerprint density at radius 1 is 0.971 bits per heavy atom. The molecule has 1 amide bonds. The molecule has 174 valence electrons. The predicted octanol–water partition coefficient (Wildman–Crippen LogP) is 5.16. The zero-order chi connectivity index (χ0) is 24.2. The Morgan fingerprint density at radius 2 is 1.69 bits per heavy atom. The van der Waals surface area contributed by atoms with E-state index in [1.165, 1.54) is 17.8 Å². The van der Waals surface area contributed by atoms with Gasteiger partial charge in [0.2, 0.25) is 17.6 Å². The van der Waals surface area contributed by atoms with E-state index in [1.807, 2.05) is 42.5 Å². The first kappa shape index (κ1) is 22.5. The Balaban J connectivity index is 1.39.